The molecule has 0 amide bonds. The summed E-state index contributed by atoms with van der Waals surface area (Å²) in [7, 11) is 1.69. The van der Waals surface area contributed by atoms with Crippen LogP contribution >= 0.6 is 0 Å². The van der Waals surface area contributed by atoms with Crippen LogP contribution in [-0.4, -0.2) is 49.0 Å². The molecule has 0 radical (unpaired) electrons. The highest BCUT2D eigenvalue weighted by molar-refractivity contribution is 5.80. The number of benzene rings is 2. The molecule has 0 bridgehead atoms. The molecule has 1 N–H and O–H groups in total. The SMILES string of the molecule is CN=C(NCc1ccccc1[N+](=O)[O-])N1CCN(c2ccccc2F)CC1. The lowest BCUT2D eigenvalue weighted by Crippen LogP contribution is -2.52. The van der Waals surface area contributed by atoms with Crippen molar-refractivity contribution < 1.29 is 9.31 Å². The molecule has 7 nitrogen and oxygen atoms in total. The minimum Gasteiger partial charge on any atom is -0.366 e. The van der Waals surface area contributed by atoms with E-state index in [1.807, 2.05) is 11.0 Å². The number of nitro benzene ring substituents is 1. The third kappa shape index (κ3) is 4.33. The Kier molecular flexibility index (Phi) is 5.85. The molecule has 0 aromatic heterocycles. The van der Waals surface area contributed by atoms with E-state index in [4.69, 9.17) is 0 Å². The number of guanidine groups is 1. The first kappa shape index (κ1) is 18.6. The summed E-state index contributed by atoms with van der Waals surface area (Å²) in [5, 5.41) is 14.3. The average Bonchev–Trinajstić information content (AvgIpc) is 2.69. The number of aliphatic imine (C=N–C) groups is 1. The van der Waals surface area contributed by atoms with Crippen molar-refractivity contribution in [2.45, 2.75) is 6.54 Å². The number of halogens is 1. The molecule has 27 heavy (non-hydrogen) atoms. The highest BCUT2D eigenvalue weighted by Crippen LogP contribution is 2.20. The van der Waals surface area contributed by atoms with Crippen LogP contribution in [0.25, 0.3) is 0 Å². The number of anilines is 1. The molecule has 8 heteroatoms. The third-order valence-electron chi connectivity index (χ3n) is 4.61. The zero-order chi connectivity index (χ0) is 19.2. The fraction of sp³-hybridized carbons (Fsp3) is 0.316. The second-order valence-corrected chi connectivity index (χ2v) is 6.21. The van der Waals surface area contributed by atoms with Crippen molar-refractivity contribution in [3.8, 4) is 0 Å². The molecule has 1 heterocycles. The van der Waals surface area contributed by atoms with E-state index in [2.05, 4.69) is 15.2 Å². The zero-order valence-electron chi connectivity index (χ0n) is 15.1. The lowest BCUT2D eigenvalue weighted by molar-refractivity contribution is -0.385. The van der Waals surface area contributed by atoms with Crippen molar-refractivity contribution in [3.05, 3.63) is 70.0 Å². The van der Waals surface area contributed by atoms with E-state index in [0.29, 0.717) is 49.9 Å². The van der Waals surface area contributed by atoms with Crippen molar-refractivity contribution in [3.63, 3.8) is 0 Å². The number of hydrogen-bond donors (Lipinski definition) is 1. The van der Waals surface area contributed by atoms with Gasteiger partial charge < -0.3 is 15.1 Å². The van der Waals surface area contributed by atoms with Gasteiger partial charge in [-0.2, -0.15) is 0 Å². The van der Waals surface area contributed by atoms with E-state index in [9.17, 15) is 14.5 Å². The fourth-order valence-electron chi connectivity index (χ4n) is 3.21. The van der Waals surface area contributed by atoms with Gasteiger partial charge in [0.25, 0.3) is 5.69 Å². The molecule has 1 fully saturated rings. The van der Waals surface area contributed by atoms with Crippen LogP contribution in [0, 0.1) is 15.9 Å². The Hall–Kier alpha value is -3.16. The van der Waals surface area contributed by atoms with Gasteiger partial charge in [-0.05, 0) is 12.1 Å². The normalized spacial score (nSPS) is 15.0. The number of nitro groups is 1. The van der Waals surface area contributed by atoms with Gasteiger partial charge in [0, 0.05) is 51.4 Å². The molecule has 1 aliphatic rings. The minimum absolute atomic E-state index is 0.0878. The molecule has 0 spiro atoms. The van der Waals surface area contributed by atoms with Crippen LogP contribution in [0.5, 0.6) is 0 Å². The largest absolute Gasteiger partial charge is 0.366 e. The van der Waals surface area contributed by atoms with E-state index in [-0.39, 0.29) is 16.4 Å². The Bertz CT molecular complexity index is 834. The standard InChI is InChI=1S/C19H22FN5O2/c1-21-19(22-14-15-6-2-4-8-17(15)25(26)27)24-12-10-23(11-13-24)18-9-5-3-7-16(18)20/h2-9H,10-14H2,1H3,(H,21,22). The number of hydrogen-bond acceptors (Lipinski definition) is 4. The van der Waals surface area contributed by atoms with Gasteiger partial charge in [-0.1, -0.05) is 30.3 Å². The third-order valence-corrected chi connectivity index (χ3v) is 4.61. The average molecular weight is 371 g/mol. The Morgan fingerprint density at radius 2 is 1.81 bits per heavy atom. The number of para-hydroxylation sites is 2. The second-order valence-electron chi connectivity index (χ2n) is 6.21. The summed E-state index contributed by atoms with van der Waals surface area (Å²) in [6, 6.07) is 13.4. The van der Waals surface area contributed by atoms with Crippen molar-refractivity contribution in [2.75, 3.05) is 38.1 Å². The molecule has 0 aliphatic carbocycles. The van der Waals surface area contributed by atoms with Gasteiger partial charge in [0.05, 0.1) is 10.6 Å². The Labute approximate surface area is 157 Å². The maximum Gasteiger partial charge on any atom is 0.274 e. The molecule has 3 rings (SSSR count). The van der Waals surface area contributed by atoms with Gasteiger partial charge in [0.15, 0.2) is 5.96 Å². The lowest BCUT2D eigenvalue weighted by atomic mass is 10.2. The van der Waals surface area contributed by atoms with Crippen molar-refractivity contribution in [1.82, 2.24) is 10.2 Å². The lowest BCUT2D eigenvalue weighted by Gasteiger charge is -2.37. The topological polar surface area (TPSA) is 74.0 Å². The molecular weight excluding hydrogens is 349 g/mol. The number of nitrogens with zero attached hydrogens (tertiary/aromatic N) is 4. The summed E-state index contributed by atoms with van der Waals surface area (Å²) in [4.78, 5) is 19.1. The molecule has 2 aromatic rings. The Morgan fingerprint density at radius 1 is 1.15 bits per heavy atom. The first-order chi connectivity index (χ1) is 13.1. The van der Waals surface area contributed by atoms with Gasteiger partial charge in [0.1, 0.15) is 5.82 Å². The predicted molar refractivity (Wildman–Crippen MR) is 103 cm³/mol. The van der Waals surface area contributed by atoms with E-state index in [0.717, 1.165) is 0 Å². The quantitative estimate of drug-likeness (QED) is 0.387. The summed E-state index contributed by atoms with van der Waals surface area (Å²) >= 11 is 0. The van der Waals surface area contributed by atoms with Crippen molar-refractivity contribution in [2.24, 2.45) is 4.99 Å². The molecule has 142 valence electrons. The Balaban J connectivity index is 1.60. The van der Waals surface area contributed by atoms with Gasteiger partial charge in [-0.3, -0.25) is 15.1 Å². The summed E-state index contributed by atoms with van der Waals surface area (Å²) in [5.41, 5.74) is 1.30. The van der Waals surface area contributed by atoms with Gasteiger partial charge in [0.2, 0.25) is 0 Å². The van der Waals surface area contributed by atoms with Gasteiger partial charge >= 0.3 is 0 Å². The van der Waals surface area contributed by atoms with E-state index in [1.54, 1.807) is 37.4 Å². The number of rotatable bonds is 4. The Morgan fingerprint density at radius 3 is 2.48 bits per heavy atom. The maximum absolute atomic E-state index is 14.0. The van der Waals surface area contributed by atoms with E-state index >= 15 is 0 Å². The van der Waals surface area contributed by atoms with Crippen LogP contribution in [-0.2, 0) is 6.54 Å². The van der Waals surface area contributed by atoms with E-state index < -0.39 is 0 Å². The molecule has 0 atom stereocenters. The minimum atomic E-state index is -0.382. The van der Waals surface area contributed by atoms with Crippen LogP contribution in [0.4, 0.5) is 15.8 Å². The van der Waals surface area contributed by atoms with Crippen LogP contribution < -0.4 is 10.2 Å². The molecule has 1 saturated heterocycles. The number of piperazine rings is 1. The summed E-state index contributed by atoms with van der Waals surface area (Å²) in [6.07, 6.45) is 0. The summed E-state index contributed by atoms with van der Waals surface area (Å²) < 4.78 is 14.0. The van der Waals surface area contributed by atoms with Crippen LogP contribution in [0.1, 0.15) is 5.56 Å². The fourth-order valence-corrected chi connectivity index (χ4v) is 3.21. The molecule has 0 saturated carbocycles. The van der Waals surface area contributed by atoms with Crippen LogP contribution in [0.2, 0.25) is 0 Å². The van der Waals surface area contributed by atoms with E-state index in [1.165, 1.54) is 12.1 Å². The predicted octanol–water partition coefficient (Wildman–Crippen LogP) is 2.63. The van der Waals surface area contributed by atoms with Gasteiger partial charge in [-0.25, -0.2) is 4.39 Å². The molecule has 1 aliphatic heterocycles. The maximum atomic E-state index is 14.0. The smallest absolute Gasteiger partial charge is 0.274 e. The first-order valence-electron chi connectivity index (χ1n) is 8.77. The highest BCUT2D eigenvalue weighted by Gasteiger charge is 2.22. The number of nitrogens with one attached hydrogen (secondary N) is 1. The monoisotopic (exact) mass is 371 g/mol. The summed E-state index contributed by atoms with van der Waals surface area (Å²) in [6.45, 7) is 3.04. The van der Waals surface area contributed by atoms with Gasteiger partial charge in [-0.15, -0.1) is 0 Å². The first-order valence-corrected chi connectivity index (χ1v) is 8.77. The second kappa shape index (κ2) is 8.48. The highest BCUT2D eigenvalue weighted by atomic mass is 19.1. The van der Waals surface area contributed by atoms with Crippen molar-refractivity contribution >= 4 is 17.3 Å². The molecule has 2 aromatic carbocycles. The van der Waals surface area contributed by atoms with Crippen molar-refractivity contribution in [1.29, 1.82) is 0 Å². The summed E-state index contributed by atoms with van der Waals surface area (Å²) in [5.74, 6) is 0.464. The molecular formula is C19H22FN5O2. The zero-order valence-corrected chi connectivity index (χ0v) is 15.1. The van der Waals surface area contributed by atoms with Crippen LogP contribution in [0.3, 0.4) is 0 Å². The molecule has 0 unspecified atom stereocenters. The van der Waals surface area contributed by atoms with Crippen LogP contribution in [0.15, 0.2) is 53.5 Å².